The average molecular weight is 348 g/mol. The molecule has 1 N–H and O–H groups in total. The monoisotopic (exact) mass is 347 g/mol. The zero-order valence-corrected chi connectivity index (χ0v) is 13.5. The second kappa shape index (κ2) is 6.50. The first kappa shape index (κ1) is 14.4. The highest BCUT2D eigenvalue weighted by Gasteiger charge is 2.20. The summed E-state index contributed by atoms with van der Waals surface area (Å²) >= 11 is 3.66. The molecule has 2 aromatic rings. The van der Waals surface area contributed by atoms with Gasteiger partial charge in [0.25, 0.3) is 0 Å². The lowest BCUT2D eigenvalue weighted by molar-refractivity contribution is 0.297. The minimum absolute atomic E-state index is 0.109. The molecular formula is C17H18BrNO2. The van der Waals surface area contributed by atoms with Gasteiger partial charge in [0.05, 0.1) is 19.3 Å². The van der Waals surface area contributed by atoms with Crippen molar-refractivity contribution in [3.63, 3.8) is 0 Å². The largest absolute Gasteiger partial charge is 0.490 e. The SMILES string of the molecule is CNC(c1ccccc1)c1cc2c(cc1Br)OCCCO2. The second-order valence-electron chi connectivity index (χ2n) is 5.00. The van der Waals surface area contributed by atoms with E-state index in [0.717, 1.165) is 28.0 Å². The number of halogens is 1. The van der Waals surface area contributed by atoms with Gasteiger partial charge in [-0.2, -0.15) is 0 Å². The van der Waals surface area contributed by atoms with Crippen LogP contribution in [0.4, 0.5) is 0 Å². The van der Waals surface area contributed by atoms with Crippen LogP contribution in [0.3, 0.4) is 0 Å². The molecule has 3 nitrogen and oxygen atoms in total. The predicted octanol–water partition coefficient (Wildman–Crippen LogP) is 3.92. The van der Waals surface area contributed by atoms with Crippen LogP contribution in [0.15, 0.2) is 46.9 Å². The summed E-state index contributed by atoms with van der Waals surface area (Å²) in [7, 11) is 1.97. The summed E-state index contributed by atoms with van der Waals surface area (Å²) in [6.07, 6.45) is 0.912. The number of fused-ring (bicyclic) bond motifs is 1. The minimum Gasteiger partial charge on any atom is -0.490 e. The first-order chi connectivity index (χ1) is 10.3. The molecule has 0 bridgehead atoms. The van der Waals surface area contributed by atoms with E-state index in [-0.39, 0.29) is 6.04 Å². The van der Waals surface area contributed by atoms with Crippen molar-refractivity contribution >= 4 is 15.9 Å². The number of rotatable bonds is 3. The third-order valence-electron chi connectivity index (χ3n) is 3.60. The lowest BCUT2D eigenvalue weighted by Crippen LogP contribution is -2.18. The minimum atomic E-state index is 0.109. The number of hydrogen-bond donors (Lipinski definition) is 1. The van der Waals surface area contributed by atoms with Crippen LogP contribution in [0.25, 0.3) is 0 Å². The van der Waals surface area contributed by atoms with E-state index in [2.05, 4.69) is 51.6 Å². The number of benzene rings is 2. The van der Waals surface area contributed by atoms with Crippen LogP contribution in [0.2, 0.25) is 0 Å². The van der Waals surface area contributed by atoms with E-state index in [0.29, 0.717) is 13.2 Å². The first-order valence-corrected chi connectivity index (χ1v) is 7.90. The first-order valence-electron chi connectivity index (χ1n) is 7.11. The van der Waals surface area contributed by atoms with Gasteiger partial charge in [-0.05, 0) is 30.3 Å². The maximum absolute atomic E-state index is 5.80. The second-order valence-corrected chi connectivity index (χ2v) is 5.86. The van der Waals surface area contributed by atoms with Gasteiger partial charge in [-0.3, -0.25) is 0 Å². The molecule has 0 aliphatic carbocycles. The molecule has 0 saturated carbocycles. The molecule has 0 fully saturated rings. The van der Waals surface area contributed by atoms with Gasteiger partial charge < -0.3 is 14.8 Å². The van der Waals surface area contributed by atoms with Gasteiger partial charge in [0.2, 0.25) is 0 Å². The Labute approximate surface area is 133 Å². The molecule has 1 aliphatic heterocycles. The van der Waals surface area contributed by atoms with E-state index in [9.17, 15) is 0 Å². The van der Waals surface area contributed by atoms with Crippen LogP contribution in [-0.2, 0) is 0 Å². The van der Waals surface area contributed by atoms with Crippen LogP contribution in [-0.4, -0.2) is 20.3 Å². The lowest BCUT2D eigenvalue weighted by atomic mass is 9.98. The van der Waals surface area contributed by atoms with Crippen molar-refractivity contribution in [1.29, 1.82) is 0 Å². The van der Waals surface area contributed by atoms with Crippen molar-refractivity contribution in [1.82, 2.24) is 5.32 Å². The molecule has 3 rings (SSSR count). The van der Waals surface area contributed by atoms with Crippen LogP contribution >= 0.6 is 15.9 Å². The fourth-order valence-corrected chi connectivity index (χ4v) is 3.12. The van der Waals surface area contributed by atoms with Crippen LogP contribution < -0.4 is 14.8 Å². The van der Waals surface area contributed by atoms with E-state index in [1.54, 1.807) is 0 Å². The third-order valence-corrected chi connectivity index (χ3v) is 4.29. The van der Waals surface area contributed by atoms with E-state index < -0.39 is 0 Å². The average Bonchev–Trinajstić information content (AvgIpc) is 2.74. The molecule has 0 spiro atoms. The summed E-state index contributed by atoms with van der Waals surface area (Å²) in [6, 6.07) is 14.6. The van der Waals surface area contributed by atoms with Crippen molar-refractivity contribution in [2.75, 3.05) is 20.3 Å². The highest BCUT2D eigenvalue weighted by Crippen LogP contribution is 2.39. The van der Waals surface area contributed by atoms with Crippen molar-refractivity contribution in [2.24, 2.45) is 0 Å². The van der Waals surface area contributed by atoms with Gasteiger partial charge in [0.1, 0.15) is 0 Å². The summed E-state index contributed by atoms with van der Waals surface area (Å²) in [5, 5.41) is 3.37. The highest BCUT2D eigenvalue weighted by molar-refractivity contribution is 9.10. The van der Waals surface area contributed by atoms with E-state index in [1.807, 2.05) is 19.2 Å². The summed E-state index contributed by atoms with van der Waals surface area (Å²) < 4.78 is 12.6. The van der Waals surface area contributed by atoms with Gasteiger partial charge in [-0.1, -0.05) is 46.3 Å². The predicted molar refractivity (Wildman–Crippen MR) is 87.1 cm³/mol. The molecule has 0 amide bonds. The Kier molecular flexibility index (Phi) is 4.46. The van der Waals surface area contributed by atoms with E-state index in [4.69, 9.17) is 9.47 Å². The molecular weight excluding hydrogens is 330 g/mol. The molecule has 1 heterocycles. The van der Waals surface area contributed by atoms with E-state index in [1.165, 1.54) is 5.56 Å². The van der Waals surface area contributed by atoms with Gasteiger partial charge in [-0.25, -0.2) is 0 Å². The van der Waals surface area contributed by atoms with Crippen LogP contribution in [0, 0.1) is 0 Å². The normalized spacial score (nSPS) is 15.3. The molecule has 21 heavy (non-hydrogen) atoms. The number of ether oxygens (including phenoxy) is 2. The Bertz CT molecular complexity index is 616. The molecule has 1 unspecified atom stereocenters. The Balaban J connectivity index is 2.02. The van der Waals surface area contributed by atoms with Gasteiger partial charge >= 0.3 is 0 Å². The zero-order valence-electron chi connectivity index (χ0n) is 11.9. The maximum atomic E-state index is 5.80. The van der Waals surface area contributed by atoms with Crippen LogP contribution in [0.1, 0.15) is 23.6 Å². The smallest absolute Gasteiger partial charge is 0.162 e. The maximum Gasteiger partial charge on any atom is 0.162 e. The Morgan fingerprint density at radius 2 is 1.71 bits per heavy atom. The van der Waals surface area contributed by atoms with Crippen molar-refractivity contribution < 1.29 is 9.47 Å². The molecule has 0 radical (unpaired) electrons. The lowest BCUT2D eigenvalue weighted by Gasteiger charge is -2.20. The zero-order chi connectivity index (χ0) is 14.7. The van der Waals surface area contributed by atoms with Crippen molar-refractivity contribution in [3.8, 4) is 11.5 Å². The molecule has 4 heteroatoms. The summed E-state index contributed by atoms with van der Waals surface area (Å²) in [5.74, 6) is 1.63. The fraction of sp³-hybridized carbons (Fsp3) is 0.294. The molecule has 0 aromatic heterocycles. The van der Waals surface area contributed by atoms with E-state index >= 15 is 0 Å². The molecule has 1 aliphatic rings. The molecule has 1 atom stereocenters. The van der Waals surface area contributed by atoms with Gasteiger partial charge in [0.15, 0.2) is 11.5 Å². The topological polar surface area (TPSA) is 30.5 Å². The molecule has 2 aromatic carbocycles. The van der Waals surface area contributed by atoms with Crippen LogP contribution in [0.5, 0.6) is 11.5 Å². The Hall–Kier alpha value is -1.52. The number of hydrogen-bond acceptors (Lipinski definition) is 3. The third kappa shape index (κ3) is 3.06. The number of nitrogens with one attached hydrogen (secondary N) is 1. The Morgan fingerprint density at radius 1 is 1.05 bits per heavy atom. The highest BCUT2D eigenvalue weighted by atomic mass is 79.9. The standard InChI is InChI=1S/C17H18BrNO2/c1-19-17(12-6-3-2-4-7-12)13-10-15-16(11-14(13)18)21-9-5-8-20-15/h2-4,6-7,10-11,17,19H,5,8-9H2,1H3. The summed E-state index contributed by atoms with van der Waals surface area (Å²) in [5.41, 5.74) is 2.36. The molecule has 0 saturated heterocycles. The fourth-order valence-electron chi connectivity index (χ4n) is 2.57. The van der Waals surface area contributed by atoms with Crippen molar-refractivity contribution in [2.45, 2.75) is 12.5 Å². The Morgan fingerprint density at radius 3 is 2.38 bits per heavy atom. The summed E-state index contributed by atoms with van der Waals surface area (Å²) in [4.78, 5) is 0. The summed E-state index contributed by atoms with van der Waals surface area (Å²) in [6.45, 7) is 1.40. The van der Waals surface area contributed by atoms with Gasteiger partial charge in [-0.15, -0.1) is 0 Å². The molecule has 110 valence electrons. The quantitative estimate of drug-likeness (QED) is 0.912. The van der Waals surface area contributed by atoms with Gasteiger partial charge in [0, 0.05) is 10.9 Å². The van der Waals surface area contributed by atoms with Crippen molar-refractivity contribution in [3.05, 3.63) is 58.1 Å².